The summed E-state index contributed by atoms with van der Waals surface area (Å²) in [6, 6.07) is -1.98. The summed E-state index contributed by atoms with van der Waals surface area (Å²) in [5.41, 5.74) is -2.97. The molecule has 0 aromatic heterocycles. The van der Waals surface area contributed by atoms with Gasteiger partial charge in [-0.3, -0.25) is 0 Å². The Bertz CT molecular complexity index is 698. The average molecular weight is 553 g/mol. The molecule has 0 aromatic rings. The Morgan fingerprint density at radius 3 is 1.00 bits per heavy atom. The molecule has 2 unspecified atom stereocenters. The fourth-order valence-electron chi connectivity index (χ4n) is 2.22. The van der Waals surface area contributed by atoms with Gasteiger partial charge in [-0.15, -0.1) is 0 Å². The molecule has 0 saturated carbocycles. The van der Waals surface area contributed by atoms with Gasteiger partial charge >= 0.3 is 24.1 Å². The minimum atomic E-state index is -0.990. The lowest BCUT2D eigenvalue weighted by Crippen LogP contribution is -2.48. The van der Waals surface area contributed by atoms with Gasteiger partial charge < -0.3 is 29.6 Å². The third-order valence-corrected chi connectivity index (χ3v) is 5.74. The number of carbonyl (C=O) groups is 4. The second-order valence-electron chi connectivity index (χ2n) is 12.0. The topological polar surface area (TPSA) is 129 Å². The molecule has 0 rings (SSSR count). The lowest BCUT2D eigenvalue weighted by Gasteiger charge is -2.27. The normalized spacial score (nSPS) is 14.2. The number of amides is 2. The summed E-state index contributed by atoms with van der Waals surface area (Å²) in [7, 11) is 2.45. The van der Waals surface area contributed by atoms with Gasteiger partial charge in [-0.2, -0.15) is 0 Å². The van der Waals surface area contributed by atoms with E-state index in [-0.39, 0.29) is 11.5 Å². The number of hydrogen-bond donors (Lipinski definition) is 2. The first-order valence-corrected chi connectivity index (χ1v) is 14.2. The van der Waals surface area contributed by atoms with E-state index < -0.39 is 58.6 Å². The number of rotatable bonds is 9. The molecular formula is C24H44N2O8S2. The number of alkyl carbamates (subject to hydrolysis) is 2. The van der Waals surface area contributed by atoms with Crippen LogP contribution in [0, 0.1) is 0 Å². The molecule has 2 atom stereocenters. The molecule has 0 bridgehead atoms. The predicted octanol–water partition coefficient (Wildman–Crippen LogP) is 4.84. The second-order valence-corrected chi connectivity index (χ2v) is 14.6. The van der Waals surface area contributed by atoms with Gasteiger partial charge in [0, 0.05) is 11.5 Å². The maximum Gasteiger partial charge on any atom is 0.408 e. The molecule has 0 aliphatic heterocycles. The number of ether oxygens (including phenoxy) is 4. The van der Waals surface area contributed by atoms with Crippen molar-refractivity contribution in [1.82, 2.24) is 10.6 Å². The van der Waals surface area contributed by atoms with Gasteiger partial charge in [0.2, 0.25) is 0 Å². The van der Waals surface area contributed by atoms with Crippen LogP contribution in [0.4, 0.5) is 9.59 Å². The van der Waals surface area contributed by atoms with Crippen LogP contribution in [0.15, 0.2) is 0 Å². The quantitative estimate of drug-likeness (QED) is 0.177. The molecule has 36 heavy (non-hydrogen) atoms. The van der Waals surface area contributed by atoms with Crippen LogP contribution in [0.5, 0.6) is 0 Å². The Hall–Kier alpha value is -1.82. The number of nitrogens with one attached hydrogen (secondary N) is 2. The Morgan fingerprint density at radius 2 is 0.778 bits per heavy atom. The molecule has 0 aliphatic carbocycles. The summed E-state index contributed by atoms with van der Waals surface area (Å²) in [4.78, 5) is 49.9. The van der Waals surface area contributed by atoms with Gasteiger partial charge in [-0.25, -0.2) is 19.2 Å². The van der Waals surface area contributed by atoms with Crippen molar-refractivity contribution in [2.24, 2.45) is 0 Å². The summed E-state index contributed by atoms with van der Waals surface area (Å²) < 4.78 is 21.4. The summed E-state index contributed by atoms with van der Waals surface area (Å²) in [6.45, 7) is 20.7. The van der Waals surface area contributed by atoms with E-state index in [4.69, 9.17) is 18.9 Å². The van der Waals surface area contributed by atoms with Gasteiger partial charge in [0.1, 0.15) is 34.5 Å². The van der Waals surface area contributed by atoms with Crippen molar-refractivity contribution in [2.45, 2.75) is 118 Å². The molecule has 0 heterocycles. The molecule has 2 amide bonds. The van der Waals surface area contributed by atoms with E-state index in [9.17, 15) is 19.2 Å². The van der Waals surface area contributed by atoms with Crippen molar-refractivity contribution < 1.29 is 38.1 Å². The highest BCUT2D eigenvalue weighted by Gasteiger charge is 2.31. The zero-order chi connectivity index (χ0) is 28.5. The molecule has 210 valence electrons. The highest BCUT2D eigenvalue weighted by Crippen LogP contribution is 2.25. The van der Waals surface area contributed by atoms with Crippen molar-refractivity contribution in [3.05, 3.63) is 0 Å². The van der Waals surface area contributed by atoms with Crippen molar-refractivity contribution in [1.29, 1.82) is 0 Å². The number of hydrogen-bond acceptors (Lipinski definition) is 10. The van der Waals surface area contributed by atoms with Crippen LogP contribution in [-0.4, -0.2) is 70.1 Å². The van der Waals surface area contributed by atoms with Crippen molar-refractivity contribution in [2.75, 3.05) is 11.5 Å². The van der Waals surface area contributed by atoms with Gasteiger partial charge in [0.25, 0.3) is 0 Å². The van der Waals surface area contributed by atoms with Crippen molar-refractivity contribution >= 4 is 45.7 Å². The fraction of sp³-hybridized carbons (Fsp3) is 0.833. The van der Waals surface area contributed by atoms with E-state index in [0.29, 0.717) is 0 Å². The molecule has 0 radical (unpaired) electrons. The summed E-state index contributed by atoms with van der Waals surface area (Å²) in [5, 5.41) is 5.09. The third-order valence-electron chi connectivity index (χ3n) is 3.32. The standard InChI is InChI=1S/C24H44N2O8S2/c1-21(2,3)31-17(27)15(25-19(29)33-23(7,8)9)13-35-36-14-16(18(28)32-22(4,5)6)26-20(30)34-24(10,11)12/h15-16H,13-14H2,1-12H3,(H,25,29)(H,26,30). The highest BCUT2D eigenvalue weighted by molar-refractivity contribution is 8.76. The SMILES string of the molecule is CC(C)(C)OC(=O)NC(CSSCC(NC(=O)OC(C)(C)C)C(=O)OC(C)(C)C)C(=O)OC(C)(C)C. The molecule has 0 aromatic carbocycles. The fourth-order valence-corrected chi connectivity index (χ4v) is 4.51. The number of carbonyl (C=O) groups excluding carboxylic acids is 4. The first-order valence-electron chi connectivity index (χ1n) is 11.7. The van der Waals surface area contributed by atoms with E-state index in [1.165, 1.54) is 21.6 Å². The molecule has 0 fully saturated rings. The van der Waals surface area contributed by atoms with E-state index in [1.807, 2.05) is 0 Å². The molecule has 10 nitrogen and oxygen atoms in total. The molecule has 12 heteroatoms. The molecular weight excluding hydrogens is 508 g/mol. The van der Waals surface area contributed by atoms with Crippen molar-refractivity contribution in [3.63, 3.8) is 0 Å². The summed E-state index contributed by atoms with van der Waals surface area (Å²) in [6.07, 6.45) is -1.50. The van der Waals surface area contributed by atoms with Crippen LogP contribution in [-0.2, 0) is 28.5 Å². The van der Waals surface area contributed by atoms with Gasteiger partial charge in [-0.05, 0) is 83.1 Å². The van der Waals surface area contributed by atoms with E-state index in [2.05, 4.69) is 10.6 Å². The lowest BCUT2D eigenvalue weighted by molar-refractivity contribution is -0.157. The van der Waals surface area contributed by atoms with E-state index in [0.717, 1.165) is 0 Å². The van der Waals surface area contributed by atoms with Crippen LogP contribution in [0.2, 0.25) is 0 Å². The van der Waals surface area contributed by atoms with Crippen LogP contribution < -0.4 is 10.6 Å². The second kappa shape index (κ2) is 13.6. The van der Waals surface area contributed by atoms with Crippen LogP contribution in [0.3, 0.4) is 0 Å². The minimum Gasteiger partial charge on any atom is -0.458 e. The van der Waals surface area contributed by atoms with Gasteiger partial charge in [0.15, 0.2) is 0 Å². The molecule has 2 N–H and O–H groups in total. The average Bonchev–Trinajstić information content (AvgIpc) is 2.56. The zero-order valence-corrected chi connectivity index (χ0v) is 25.3. The van der Waals surface area contributed by atoms with Crippen LogP contribution >= 0.6 is 21.6 Å². The van der Waals surface area contributed by atoms with Crippen LogP contribution in [0.25, 0.3) is 0 Å². The maximum atomic E-state index is 12.7. The highest BCUT2D eigenvalue weighted by atomic mass is 33.1. The lowest BCUT2D eigenvalue weighted by atomic mass is 10.2. The minimum absolute atomic E-state index is 0.131. The maximum absolute atomic E-state index is 12.7. The van der Waals surface area contributed by atoms with E-state index >= 15 is 0 Å². The Morgan fingerprint density at radius 1 is 0.528 bits per heavy atom. The summed E-state index contributed by atoms with van der Waals surface area (Å²) >= 11 is 0. The van der Waals surface area contributed by atoms with E-state index in [1.54, 1.807) is 83.1 Å². The molecule has 0 aliphatic rings. The Kier molecular flexibility index (Phi) is 13.0. The Balaban J connectivity index is 5.27. The first kappa shape index (κ1) is 34.2. The monoisotopic (exact) mass is 552 g/mol. The van der Waals surface area contributed by atoms with Crippen LogP contribution in [0.1, 0.15) is 83.1 Å². The molecule has 0 saturated heterocycles. The predicted molar refractivity (Wildman–Crippen MR) is 143 cm³/mol. The van der Waals surface area contributed by atoms with Crippen molar-refractivity contribution in [3.8, 4) is 0 Å². The smallest absolute Gasteiger partial charge is 0.408 e. The number of esters is 2. The van der Waals surface area contributed by atoms with Gasteiger partial charge in [0.05, 0.1) is 0 Å². The van der Waals surface area contributed by atoms with Gasteiger partial charge in [-0.1, -0.05) is 21.6 Å². The Labute approximate surface area is 223 Å². The third kappa shape index (κ3) is 18.4. The zero-order valence-electron chi connectivity index (χ0n) is 23.7. The molecule has 0 spiro atoms. The summed E-state index contributed by atoms with van der Waals surface area (Å²) in [5.74, 6) is -0.965. The first-order chi connectivity index (χ1) is 16.0. The largest absolute Gasteiger partial charge is 0.458 e.